The molecule has 3 atom stereocenters. The average molecular weight is 319 g/mol. The van der Waals surface area contributed by atoms with Crippen molar-refractivity contribution in [2.75, 3.05) is 7.11 Å². The maximum Gasteiger partial charge on any atom is 0.187 e. The van der Waals surface area contributed by atoms with Crippen LogP contribution >= 0.6 is 12.2 Å². The maximum absolute atomic E-state index is 9.54. The van der Waals surface area contributed by atoms with Crippen molar-refractivity contribution in [2.24, 2.45) is 16.9 Å². The van der Waals surface area contributed by atoms with Crippen molar-refractivity contribution in [2.45, 2.75) is 31.7 Å². The minimum Gasteiger partial charge on any atom is -0.504 e. The Morgan fingerprint density at radius 2 is 2.27 bits per heavy atom. The number of hydrogen-bond acceptors (Lipinski definition) is 4. The number of thiocarbonyl (C=S) groups is 1. The molecule has 0 heterocycles. The van der Waals surface area contributed by atoms with Crippen molar-refractivity contribution in [3.63, 3.8) is 0 Å². The molecular formula is C16H21N3O2S. The van der Waals surface area contributed by atoms with E-state index >= 15 is 0 Å². The van der Waals surface area contributed by atoms with E-state index < -0.39 is 0 Å². The standard InChI is InChI=1S/C16H21N3O2S/c1-21-15-8-11(3-5-14(15)20)9-17-19-16(22)18-13-7-10-2-4-12(13)6-10/h3,5,8-10,12-13,20H,2,4,6-7H2,1H3,(H2,18,19,22)/b17-9-/t10-,12+,13+/m0/s1. The third-order valence-electron chi connectivity index (χ3n) is 4.64. The SMILES string of the molecule is COc1cc(/C=N\NC(=S)N[C@@H]2C[C@H]3CC[C@@H]2C3)ccc1O. The molecule has 2 aliphatic carbocycles. The van der Waals surface area contributed by atoms with E-state index in [0.29, 0.717) is 16.9 Å². The van der Waals surface area contributed by atoms with Crippen LogP contribution in [0.5, 0.6) is 11.5 Å². The fourth-order valence-electron chi connectivity index (χ4n) is 3.56. The Hall–Kier alpha value is -1.82. The monoisotopic (exact) mass is 319 g/mol. The largest absolute Gasteiger partial charge is 0.504 e. The topological polar surface area (TPSA) is 65.9 Å². The molecule has 5 nitrogen and oxygen atoms in total. The first-order valence-corrected chi connectivity index (χ1v) is 8.03. The van der Waals surface area contributed by atoms with Gasteiger partial charge in [0.15, 0.2) is 16.6 Å². The summed E-state index contributed by atoms with van der Waals surface area (Å²) in [5.41, 5.74) is 3.68. The number of fused-ring (bicyclic) bond motifs is 2. The van der Waals surface area contributed by atoms with E-state index in [1.54, 1.807) is 24.4 Å². The highest BCUT2D eigenvalue weighted by atomic mass is 32.1. The highest BCUT2D eigenvalue weighted by molar-refractivity contribution is 7.80. The molecule has 3 rings (SSSR count). The van der Waals surface area contributed by atoms with Gasteiger partial charge in [-0.05, 0) is 67.1 Å². The molecule has 1 aromatic carbocycles. The first kappa shape index (κ1) is 15.1. The van der Waals surface area contributed by atoms with Gasteiger partial charge >= 0.3 is 0 Å². The Bertz CT molecular complexity index is 591. The summed E-state index contributed by atoms with van der Waals surface area (Å²) in [6.45, 7) is 0. The van der Waals surface area contributed by atoms with Crippen molar-refractivity contribution in [3.05, 3.63) is 23.8 Å². The van der Waals surface area contributed by atoms with Gasteiger partial charge in [-0.1, -0.05) is 6.42 Å². The number of phenols is 1. The van der Waals surface area contributed by atoms with Gasteiger partial charge in [-0.3, -0.25) is 5.43 Å². The van der Waals surface area contributed by atoms with Crippen molar-refractivity contribution in [3.8, 4) is 11.5 Å². The van der Waals surface area contributed by atoms with Crippen LogP contribution in [0.15, 0.2) is 23.3 Å². The van der Waals surface area contributed by atoms with E-state index in [1.165, 1.54) is 32.8 Å². The first-order valence-electron chi connectivity index (χ1n) is 7.62. The second-order valence-corrected chi connectivity index (χ2v) is 6.46. The fourth-order valence-corrected chi connectivity index (χ4v) is 3.77. The summed E-state index contributed by atoms with van der Waals surface area (Å²) in [7, 11) is 1.52. The van der Waals surface area contributed by atoms with E-state index in [1.807, 2.05) is 0 Å². The molecule has 6 heteroatoms. The third-order valence-corrected chi connectivity index (χ3v) is 4.85. The second kappa shape index (κ2) is 6.52. The lowest BCUT2D eigenvalue weighted by Gasteiger charge is -2.23. The van der Waals surface area contributed by atoms with Gasteiger partial charge in [0.2, 0.25) is 0 Å². The summed E-state index contributed by atoms with van der Waals surface area (Å²) in [4.78, 5) is 0. The normalized spacial score (nSPS) is 26.3. The van der Waals surface area contributed by atoms with E-state index in [9.17, 15) is 5.11 Å². The molecule has 0 aromatic heterocycles. The molecule has 2 saturated carbocycles. The van der Waals surface area contributed by atoms with Gasteiger partial charge in [-0.15, -0.1) is 0 Å². The minimum atomic E-state index is 0.112. The zero-order valence-electron chi connectivity index (χ0n) is 12.6. The number of aromatic hydroxyl groups is 1. The molecule has 3 N–H and O–H groups in total. The lowest BCUT2D eigenvalue weighted by atomic mass is 9.96. The zero-order chi connectivity index (χ0) is 15.5. The molecule has 118 valence electrons. The van der Waals surface area contributed by atoms with Gasteiger partial charge in [0, 0.05) is 6.04 Å². The molecule has 0 amide bonds. The lowest BCUT2D eigenvalue weighted by Crippen LogP contribution is -2.42. The highest BCUT2D eigenvalue weighted by Gasteiger charge is 2.39. The predicted molar refractivity (Wildman–Crippen MR) is 90.4 cm³/mol. The van der Waals surface area contributed by atoms with Crippen LogP contribution in [0.25, 0.3) is 0 Å². The number of ether oxygens (including phenoxy) is 1. The summed E-state index contributed by atoms with van der Waals surface area (Å²) >= 11 is 5.29. The molecule has 2 fully saturated rings. The van der Waals surface area contributed by atoms with Gasteiger partial charge in [0.25, 0.3) is 0 Å². The number of rotatable bonds is 4. The number of nitrogens with one attached hydrogen (secondary N) is 2. The third kappa shape index (κ3) is 3.32. The average Bonchev–Trinajstić information content (AvgIpc) is 3.11. The van der Waals surface area contributed by atoms with Crippen molar-refractivity contribution >= 4 is 23.5 Å². The van der Waals surface area contributed by atoms with Gasteiger partial charge < -0.3 is 15.2 Å². The summed E-state index contributed by atoms with van der Waals surface area (Å²) in [6, 6.07) is 5.55. The summed E-state index contributed by atoms with van der Waals surface area (Å²) in [5, 5.41) is 17.6. The zero-order valence-corrected chi connectivity index (χ0v) is 13.4. The molecule has 0 radical (unpaired) electrons. The summed E-state index contributed by atoms with van der Waals surface area (Å²) < 4.78 is 5.06. The molecular weight excluding hydrogens is 298 g/mol. The van der Waals surface area contributed by atoms with Crippen LogP contribution in [-0.4, -0.2) is 29.6 Å². The molecule has 1 aromatic rings. The number of hydrogen-bond donors (Lipinski definition) is 3. The van der Waals surface area contributed by atoms with E-state index in [2.05, 4.69) is 15.8 Å². The number of methoxy groups -OCH3 is 1. The molecule has 0 aliphatic heterocycles. The Balaban J connectivity index is 1.50. The number of hydrazone groups is 1. The smallest absolute Gasteiger partial charge is 0.187 e. The molecule has 0 saturated heterocycles. The predicted octanol–water partition coefficient (Wildman–Crippen LogP) is 2.39. The van der Waals surface area contributed by atoms with Crippen LogP contribution in [-0.2, 0) is 0 Å². The number of phenolic OH excluding ortho intramolecular Hbond substituents is 1. The second-order valence-electron chi connectivity index (χ2n) is 6.06. The van der Waals surface area contributed by atoms with Crippen molar-refractivity contribution in [1.29, 1.82) is 0 Å². The lowest BCUT2D eigenvalue weighted by molar-refractivity contribution is 0.373. The Kier molecular flexibility index (Phi) is 4.47. The highest BCUT2D eigenvalue weighted by Crippen LogP contribution is 2.44. The summed E-state index contributed by atoms with van der Waals surface area (Å²) in [6.07, 6.45) is 6.92. The molecule has 2 bridgehead atoms. The van der Waals surface area contributed by atoms with E-state index in [4.69, 9.17) is 17.0 Å². The molecule has 0 unspecified atom stereocenters. The van der Waals surface area contributed by atoms with Gasteiger partial charge in [0.1, 0.15) is 0 Å². The van der Waals surface area contributed by atoms with E-state index in [0.717, 1.165) is 17.4 Å². The molecule has 0 spiro atoms. The van der Waals surface area contributed by atoms with Gasteiger partial charge in [-0.25, -0.2) is 0 Å². The number of nitrogens with zero attached hydrogens (tertiary/aromatic N) is 1. The van der Waals surface area contributed by atoms with Crippen LogP contribution in [0.2, 0.25) is 0 Å². The quantitative estimate of drug-likeness (QED) is 0.452. The van der Waals surface area contributed by atoms with Crippen molar-refractivity contribution in [1.82, 2.24) is 10.7 Å². The van der Waals surface area contributed by atoms with Crippen LogP contribution < -0.4 is 15.5 Å². The number of benzene rings is 1. The fraction of sp³-hybridized carbons (Fsp3) is 0.500. The van der Waals surface area contributed by atoms with Gasteiger partial charge in [0.05, 0.1) is 13.3 Å². The Morgan fingerprint density at radius 3 is 2.95 bits per heavy atom. The summed E-state index contributed by atoms with van der Waals surface area (Å²) in [5.74, 6) is 2.20. The van der Waals surface area contributed by atoms with Crippen LogP contribution in [0.1, 0.15) is 31.2 Å². The van der Waals surface area contributed by atoms with Gasteiger partial charge in [-0.2, -0.15) is 5.10 Å². The van der Waals surface area contributed by atoms with Crippen LogP contribution in [0.4, 0.5) is 0 Å². The van der Waals surface area contributed by atoms with Crippen LogP contribution in [0.3, 0.4) is 0 Å². The van der Waals surface area contributed by atoms with E-state index in [-0.39, 0.29) is 5.75 Å². The Labute approximate surface area is 135 Å². The minimum absolute atomic E-state index is 0.112. The first-order chi connectivity index (χ1) is 10.7. The maximum atomic E-state index is 9.54. The van der Waals surface area contributed by atoms with Crippen molar-refractivity contribution < 1.29 is 9.84 Å². The van der Waals surface area contributed by atoms with Crippen LogP contribution in [0, 0.1) is 11.8 Å². The molecule has 22 heavy (non-hydrogen) atoms. The Morgan fingerprint density at radius 1 is 1.41 bits per heavy atom. The molecule has 2 aliphatic rings.